The van der Waals surface area contributed by atoms with E-state index in [-0.39, 0.29) is 5.92 Å². The van der Waals surface area contributed by atoms with Gasteiger partial charge in [0.1, 0.15) is 0 Å². The zero-order chi connectivity index (χ0) is 15.4. The summed E-state index contributed by atoms with van der Waals surface area (Å²) in [7, 11) is 0. The number of fused-ring (bicyclic) bond motifs is 2. The number of rotatable bonds is 4. The van der Waals surface area contributed by atoms with Gasteiger partial charge >= 0.3 is 0 Å². The molecule has 0 unspecified atom stereocenters. The van der Waals surface area contributed by atoms with E-state index in [9.17, 15) is 0 Å². The van der Waals surface area contributed by atoms with Gasteiger partial charge in [0.2, 0.25) is 12.1 Å². The topological polar surface area (TPSA) is 46.2 Å². The molecule has 2 heterocycles. The monoisotopic (exact) mass is 308 g/mol. The maximum atomic E-state index is 6.00. The smallest absolute Gasteiger partial charge is 0.230 e. The van der Waals surface area contributed by atoms with Crippen LogP contribution in [0.1, 0.15) is 51.5 Å². The zero-order valence-electron chi connectivity index (χ0n) is 13.2. The van der Waals surface area contributed by atoms with Crippen LogP contribution in [0.15, 0.2) is 30.3 Å². The SMILES string of the molecule is CCC(CC)[C@H]1OO[C@H]2CCC[C@@](c3ccccc3)(OO1)O2. The summed E-state index contributed by atoms with van der Waals surface area (Å²) >= 11 is 0. The highest BCUT2D eigenvalue weighted by molar-refractivity contribution is 5.20. The highest BCUT2D eigenvalue weighted by Gasteiger charge is 2.45. The van der Waals surface area contributed by atoms with Crippen LogP contribution in [0.3, 0.4) is 0 Å². The van der Waals surface area contributed by atoms with Crippen molar-refractivity contribution in [1.29, 1.82) is 0 Å². The van der Waals surface area contributed by atoms with Crippen LogP contribution in [0.2, 0.25) is 0 Å². The lowest BCUT2D eigenvalue weighted by Gasteiger charge is -2.42. The fourth-order valence-electron chi connectivity index (χ4n) is 3.00. The van der Waals surface area contributed by atoms with E-state index < -0.39 is 18.4 Å². The first-order valence-electron chi connectivity index (χ1n) is 8.17. The van der Waals surface area contributed by atoms with Crippen molar-refractivity contribution in [1.82, 2.24) is 0 Å². The minimum atomic E-state index is -0.918. The lowest BCUT2D eigenvalue weighted by atomic mass is 9.97. The van der Waals surface area contributed by atoms with Gasteiger partial charge in [0.05, 0.1) is 0 Å². The van der Waals surface area contributed by atoms with Crippen molar-refractivity contribution in [3.05, 3.63) is 35.9 Å². The Morgan fingerprint density at radius 1 is 1.09 bits per heavy atom. The second-order valence-electron chi connectivity index (χ2n) is 5.88. The normalized spacial score (nSPS) is 32.5. The standard InChI is InChI=1S/C17H24O5/c1-3-13(4-2)16-20-19-15-11-8-12-17(18-15,22-21-16)14-9-6-5-7-10-14/h5-7,9-10,13,15-16H,3-4,8,11-12H2,1-2H3/t15-,16-,17-/m0/s1. The minimum Gasteiger partial charge on any atom is -0.311 e. The van der Waals surface area contributed by atoms with Gasteiger partial charge in [-0.2, -0.15) is 14.7 Å². The molecule has 0 aromatic heterocycles. The van der Waals surface area contributed by atoms with E-state index in [1.165, 1.54) is 0 Å². The average molecular weight is 308 g/mol. The zero-order valence-corrected chi connectivity index (χ0v) is 13.2. The van der Waals surface area contributed by atoms with Crippen LogP contribution in [0.25, 0.3) is 0 Å². The van der Waals surface area contributed by atoms with Crippen LogP contribution in [0.5, 0.6) is 0 Å². The molecule has 122 valence electrons. The molecule has 2 saturated heterocycles. The molecule has 2 fully saturated rings. The Bertz CT molecular complexity index is 461. The van der Waals surface area contributed by atoms with E-state index in [2.05, 4.69) is 13.8 Å². The molecule has 5 heteroatoms. The summed E-state index contributed by atoms with van der Waals surface area (Å²) in [5.41, 5.74) is 0.938. The van der Waals surface area contributed by atoms with Gasteiger partial charge in [0.15, 0.2) is 6.29 Å². The number of benzene rings is 1. The fraction of sp³-hybridized carbons (Fsp3) is 0.647. The first-order chi connectivity index (χ1) is 10.8. The molecule has 0 aliphatic carbocycles. The highest BCUT2D eigenvalue weighted by atomic mass is 17.3. The third kappa shape index (κ3) is 3.19. The molecule has 2 aliphatic rings. The van der Waals surface area contributed by atoms with Crippen molar-refractivity contribution in [2.75, 3.05) is 0 Å². The molecule has 0 amide bonds. The van der Waals surface area contributed by atoms with E-state index in [1.54, 1.807) is 0 Å². The quantitative estimate of drug-likeness (QED) is 0.786. The number of hydrogen-bond donors (Lipinski definition) is 0. The van der Waals surface area contributed by atoms with Gasteiger partial charge in [-0.1, -0.05) is 44.2 Å². The van der Waals surface area contributed by atoms with Gasteiger partial charge in [-0.05, 0) is 19.3 Å². The lowest BCUT2D eigenvalue weighted by molar-refractivity contribution is -0.594. The predicted molar refractivity (Wildman–Crippen MR) is 79.0 cm³/mol. The van der Waals surface area contributed by atoms with Crippen LogP contribution in [-0.2, 0) is 30.1 Å². The average Bonchev–Trinajstić information content (AvgIpc) is 2.57. The van der Waals surface area contributed by atoms with Gasteiger partial charge in [-0.25, -0.2) is 4.89 Å². The van der Waals surface area contributed by atoms with Crippen LogP contribution in [-0.4, -0.2) is 12.6 Å². The highest BCUT2D eigenvalue weighted by Crippen LogP contribution is 2.41. The Kier molecular flexibility index (Phi) is 5.10. The van der Waals surface area contributed by atoms with E-state index >= 15 is 0 Å². The summed E-state index contributed by atoms with van der Waals surface area (Å²) in [5.74, 6) is -0.704. The van der Waals surface area contributed by atoms with Crippen molar-refractivity contribution in [2.45, 2.75) is 64.3 Å². The molecule has 22 heavy (non-hydrogen) atoms. The molecule has 2 aliphatic heterocycles. The molecule has 3 rings (SSSR count). The van der Waals surface area contributed by atoms with Crippen molar-refractivity contribution in [2.24, 2.45) is 5.92 Å². The van der Waals surface area contributed by atoms with Gasteiger partial charge in [-0.3, -0.25) is 0 Å². The van der Waals surface area contributed by atoms with E-state index in [0.717, 1.165) is 37.7 Å². The van der Waals surface area contributed by atoms with Crippen molar-refractivity contribution in [3.63, 3.8) is 0 Å². The minimum absolute atomic E-state index is 0.214. The Morgan fingerprint density at radius 3 is 2.59 bits per heavy atom. The predicted octanol–water partition coefficient (Wildman–Crippen LogP) is 4.04. The maximum Gasteiger partial charge on any atom is 0.230 e. The summed E-state index contributed by atoms with van der Waals surface area (Å²) in [4.78, 5) is 22.3. The van der Waals surface area contributed by atoms with Gasteiger partial charge in [0, 0.05) is 24.3 Å². The van der Waals surface area contributed by atoms with Crippen LogP contribution in [0.4, 0.5) is 0 Å². The maximum absolute atomic E-state index is 6.00. The van der Waals surface area contributed by atoms with Crippen molar-refractivity contribution >= 4 is 0 Å². The Morgan fingerprint density at radius 2 is 1.86 bits per heavy atom. The molecule has 0 spiro atoms. The second-order valence-corrected chi connectivity index (χ2v) is 5.88. The van der Waals surface area contributed by atoms with Crippen LogP contribution in [0, 0.1) is 5.92 Å². The van der Waals surface area contributed by atoms with Gasteiger partial charge in [-0.15, -0.1) is 0 Å². The third-order valence-electron chi connectivity index (χ3n) is 4.45. The largest absolute Gasteiger partial charge is 0.311 e. The third-order valence-corrected chi connectivity index (χ3v) is 4.45. The van der Waals surface area contributed by atoms with E-state index in [0.29, 0.717) is 0 Å². The Labute approximate surface area is 131 Å². The number of hydrogen-bond acceptors (Lipinski definition) is 5. The summed E-state index contributed by atoms with van der Waals surface area (Å²) in [6.07, 6.45) is 3.31. The molecular weight excluding hydrogens is 284 g/mol. The van der Waals surface area contributed by atoms with Crippen molar-refractivity contribution in [3.8, 4) is 0 Å². The van der Waals surface area contributed by atoms with Crippen LogP contribution >= 0.6 is 0 Å². The van der Waals surface area contributed by atoms with Gasteiger partial charge in [0.25, 0.3) is 0 Å². The first kappa shape index (κ1) is 15.9. The molecule has 5 nitrogen and oxygen atoms in total. The Balaban J connectivity index is 1.83. The summed E-state index contributed by atoms with van der Waals surface area (Å²) < 4.78 is 6.00. The fourth-order valence-corrected chi connectivity index (χ4v) is 3.00. The summed E-state index contributed by atoms with van der Waals surface area (Å²) in [6, 6.07) is 9.88. The second kappa shape index (κ2) is 7.06. The molecule has 0 saturated carbocycles. The first-order valence-corrected chi connectivity index (χ1v) is 8.17. The van der Waals surface area contributed by atoms with E-state index in [4.69, 9.17) is 24.3 Å². The molecule has 0 N–H and O–H groups in total. The molecule has 1 aromatic rings. The number of ether oxygens (including phenoxy) is 1. The van der Waals surface area contributed by atoms with Crippen molar-refractivity contribution < 1.29 is 24.3 Å². The van der Waals surface area contributed by atoms with Crippen LogP contribution < -0.4 is 0 Å². The lowest BCUT2D eigenvalue weighted by Crippen LogP contribution is -2.46. The Hall–Kier alpha value is -0.980. The summed E-state index contributed by atoms with van der Waals surface area (Å²) in [6.45, 7) is 4.20. The molecule has 1 aromatic carbocycles. The molecular formula is C17H24O5. The molecule has 3 atom stereocenters. The van der Waals surface area contributed by atoms with Gasteiger partial charge < -0.3 is 4.74 Å². The summed E-state index contributed by atoms with van der Waals surface area (Å²) in [5, 5.41) is 0. The molecule has 2 bridgehead atoms. The molecule has 0 radical (unpaired) electrons. The van der Waals surface area contributed by atoms with E-state index in [1.807, 2.05) is 30.3 Å².